The third-order valence-electron chi connectivity index (χ3n) is 3.32. The highest BCUT2D eigenvalue weighted by molar-refractivity contribution is 6.03. The first-order valence-electron chi connectivity index (χ1n) is 6.40. The maximum absolute atomic E-state index is 12.1. The number of rotatable bonds is 2. The van der Waals surface area contributed by atoms with Crippen molar-refractivity contribution in [3.05, 3.63) is 35.9 Å². The molecule has 2 unspecified atom stereocenters. The highest BCUT2D eigenvalue weighted by atomic mass is 16.5. The summed E-state index contributed by atoms with van der Waals surface area (Å²) in [7, 11) is 0. The van der Waals surface area contributed by atoms with Crippen LogP contribution in [-0.2, 0) is 9.53 Å². The lowest BCUT2D eigenvalue weighted by Gasteiger charge is -2.34. The van der Waals surface area contributed by atoms with Crippen molar-refractivity contribution < 1.29 is 14.3 Å². The summed E-state index contributed by atoms with van der Waals surface area (Å²) in [5.74, 6) is -0.427. The minimum Gasteiger partial charge on any atom is -0.465 e. The van der Waals surface area contributed by atoms with Crippen LogP contribution in [0.25, 0.3) is 6.08 Å². The summed E-state index contributed by atoms with van der Waals surface area (Å²) in [5, 5.41) is 3.94. The number of ether oxygens (including phenoxy) is 2. The average molecular weight is 273 g/mol. The molecule has 1 spiro atoms. The Morgan fingerprint density at radius 3 is 3.15 bits per heavy atom. The Labute approximate surface area is 116 Å². The largest absolute Gasteiger partial charge is 0.465 e. The molecule has 3 N–H and O–H groups in total. The highest BCUT2D eigenvalue weighted by Gasteiger charge is 2.52. The van der Waals surface area contributed by atoms with Crippen LogP contribution in [0.4, 0.5) is 0 Å². The van der Waals surface area contributed by atoms with E-state index in [2.05, 4.69) is 10.5 Å². The number of hydrogen-bond acceptors (Lipinski definition) is 6. The molecule has 0 bridgehead atoms. The summed E-state index contributed by atoms with van der Waals surface area (Å²) in [6.45, 7) is 2.02. The summed E-state index contributed by atoms with van der Waals surface area (Å²) in [4.78, 5) is 12.1. The van der Waals surface area contributed by atoms with Crippen molar-refractivity contribution in [1.82, 2.24) is 5.43 Å². The van der Waals surface area contributed by atoms with E-state index >= 15 is 0 Å². The number of para-hydroxylation sites is 1. The van der Waals surface area contributed by atoms with Gasteiger partial charge in [-0.2, -0.15) is 5.10 Å². The standard InChI is InChI=1S/C14H15N3O3/c1-2-19-13(18)11-12(15)16-17-14(11)8-7-9-5-3-4-6-10(9)20-14/h3-8,11,17H,2H2,1H3,(H2,15,16). The van der Waals surface area contributed by atoms with Gasteiger partial charge in [0.2, 0.25) is 5.72 Å². The van der Waals surface area contributed by atoms with Crippen LogP contribution in [0.5, 0.6) is 5.75 Å². The zero-order valence-electron chi connectivity index (χ0n) is 11.0. The lowest BCUT2D eigenvalue weighted by atomic mass is 9.92. The van der Waals surface area contributed by atoms with Crippen molar-refractivity contribution in [3.8, 4) is 5.75 Å². The number of nitrogens with one attached hydrogen (secondary N) is 1. The molecule has 104 valence electrons. The molecule has 0 aliphatic carbocycles. The van der Waals surface area contributed by atoms with Gasteiger partial charge in [0, 0.05) is 5.56 Å². The van der Waals surface area contributed by atoms with Crippen molar-refractivity contribution in [2.45, 2.75) is 12.6 Å². The SMILES string of the molecule is CCOC(=O)C1C(N)=NNC12C=Cc1ccccc1O2. The number of hydrogen-bond donors (Lipinski definition) is 2. The average Bonchev–Trinajstić information content (AvgIpc) is 2.76. The Morgan fingerprint density at radius 2 is 2.35 bits per heavy atom. The molecule has 3 rings (SSSR count). The number of carbonyl (C=O) groups excluding carboxylic acids is 1. The van der Waals surface area contributed by atoms with Gasteiger partial charge in [-0.1, -0.05) is 18.2 Å². The van der Waals surface area contributed by atoms with E-state index in [0.717, 1.165) is 5.56 Å². The van der Waals surface area contributed by atoms with E-state index in [1.54, 1.807) is 13.0 Å². The van der Waals surface area contributed by atoms with Gasteiger partial charge >= 0.3 is 5.97 Å². The number of amidine groups is 1. The molecule has 6 nitrogen and oxygen atoms in total. The van der Waals surface area contributed by atoms with E-state index in [1.165, 1.54) is 0 Å². The third-order valence-corrected chi connectivity index (χ3v) is 3.32. The monoisotopic (exact) mass is 273 g/mol. The van der Waals surface area contributed by atoms with Crippen LogP contribution in [0.1, 0.15) is 12.5 Å². The predicted molar refractivity (Wildman–Crippen MR) is 73.7 cm³/mol. The molecule has 0 fully saturated rings. The molecule has 1 aromatic rings. The number of hydrazone groups is 1. The molecule has 20 heavy (non-hydrogen) atoms. The minimum atomic E-state index is -1.11. The second kappa shape index (κ2) is 4.56. The van der Waals surface area contributed by atoms with E-state index < -0.39 is 17.6 Å². The fourth-order valence-corrected chi connectivity index (χ4v) is 2.38. The summed E-state index contributed by atoms with van der Waals surface area (Å²) in [6.07, 6.45) is 3.63. The van der Waals surface area contributed by atoms with Crippen LogP contribution >= 0.6 is 0 Å². The molecule has 6 heteroatoms. The van der Waals surface area contributed by atoms with E-state index in [0.29, 0.717) is 5.75 Å². The smallest absolute Gasteiger partial charge is 0.323 e. The van der Waals surface area contributed by atoms with E-state index in [1.807, 2.05) is 30.3 Å². The topological polar surface area (TPSA) is 85.9 Å². The van der Waals surface area contributed by atoms with Gasteiger partial charge < -0.3 is 15.2 Å². The van der Waals surface area contributed by atoms with E-state index in [-0.39, 0.29) is 12.4 Å². The number of esters is 1. The molecule has 0 radical (unpaired) electrons. The fourth-order valence-electron chi connectivity index (χ4n) is 2.38. The number of benzene rings is 1. The van der Waals surface area contributed by atoms with Crippen LogP contribution in [0.15, 0.2) is 35.4 Å². The molecule has 0 aromatic heterocycles. The van der Waals surface area contributed by atoms with Crippen LogP contribution in [-0.4, -0.2) is 24.1 Å². The maximum atomic E-state index is 12.1. The minimum absolute atomic E-state index is 0.160. The summed E-state index contributed by atoms with van der Waals surface area (Å²) >= 11 is 0. The zero-order valence-corrected chi connectivity index (χ0v) is 11.0. The Morgan fingerprint density at radius 1 is 1.55 bits per heavy atom. The second-order valence-electron chi connectivity index (χ2n) is 4.60. The van der Waals surface area contributed by atoms with E-state index in [4.69, 9.17) is 15.2 Å². The lowest BCUT2D eigenvalue weighted by Crippen LogP contribution is -2.55. The molecule has 2 heterocycles. The number of nitrogens with zero attached hydrogens (tertiary/aromatic N) is 1. The first-order chi connectivity index (χ1) is 9.66. The first-order valence-corrected chi connectivity index (χ1v) is 6.40. The predicted octanol–water partition coefficient (Wildman–Crippen LogP) is 0.843. The first kappa shape index (κ1) is 12.5. The van der Waals surface area contributed by atoms with Gasteiger partial charge in [0.1, 0.15) is 11.6 Å². The van der Waals surface area contributed by atoms with Crippen LogP contribution in [0.2, 0.25) is 0 Å². The third kappa shape index (κ3) is 1.80. The van der Waals surface area contributed by atoms with Crippen LogP contribution in [0, 0.1) is 5.92 Å². The van der Waals surface area contributed by atoms with Crippen molar-refractivity contribution in [2.75, 3.05) is 6.61 Å². The van der Waals surface area contributed by atoms with Gasteiger partial charge in [-0.05, 0) is 25.1 Å². The molecule has 2 atom stereocenters. The van der Waals surface area contributed by atoms with Crippen molar-refractivity contribution in [2.24, 2.45) is 16.8 Å². The lowest BCUT2D eigenvalue weighted by molar-refractivity contribution is -0.150. The summed E-state index contributed by atoms with van der Waals surface area (Å²) < 4.78 is 11.0. The molecule has 1 aromatic carbocycles. The van der Waals surface area contributed by atoms with Crippen LogP contribution < -0.4 is 15.9 Å². The zero-order chi connectivity index (χ0) is 14.2. The molecule has 0 amide bonds. The van der Waals surface area contributed by atoms with Gasteiger partial charge in [-0.3, -0.25) is 10.2 Å². The molecular formula is C14H15N3O3. The van der Waals surface area contributed by atoms with Crippen molar-refractivity contribution >= 4 is 17.9 Å². The second-order valence-corrected chi connectivity index (χ2v) is 4.60. The quantitative estimate of drug-likeness (QED) is 0.780. The normalized spacial score (nSPS) is 26.4. The Bertz CT molecular complexity index is 611. The Hall–Kier alpha value is -2.50. The van der Waals surface area contributed by atoms with Crippen LogP contribution in [0.3, 0.4) is 0 Å². The van der Waals surface area contributed by atoms with Crippen molar-refractivity contribution in [1.29, 1.82) is 0 Å². The Kier molecular flexibility index (Phi) is 2.85. The van der Waals surface area contributed by atoms with Gasteiger partial charge in [-0.25, -0.2) is 0 Å². The molecule has 2 aliphatic rings. The molecule has 0 saturated heterocycles. The fraction of sp³-hybridized carbons (Fsp3) is 0.286. The summed E-state index contributed by atoms with van der Waals surface area (Å²) in [6, 6.07) is 7.54. The van der Waals surface area contributed by atoms with Gasteiger partial charge in [-0.15, -0.1) is 0 Å². The van der Waals surface area contributed by atoms with Gasteiger partial charge in [0.05, 0.1) is 6.61 Å². The molecular weight excluding hydrogens is 258 g/mol. The van der Waals surface area contributed by atoms with Gasteiger partial charge in [0.25, 0.3) is 0 Å². The Balaban J connectivity index is 1.96. The number of carbonyl (C=O) groups is 1. The maximum Gasteiger partial charge on any atom is 0.323 e. The van der Waals surface area contributed by atoms with E-state index in [9.17, 15) is 4.79 Å². The van der Waals surface area contributed by atoms with Crippen molar-refractivity contribution in [3.63, 3.8) is 0 Å². The number of fused-ring (bicyclic) bond motifs is 1. The molecule has 0 saturated carbocycles. The number of nitrogens with two attached hydrogens (primary N) is 1. The van der Waals surface area contributed by atoms with Gasteiger partial charge in [0.15, 0.2) is 5.92 Å². The highest BCUT2D eigenvalue weighted by Crippen LogP contribution is 2.36. The summed E-state index contributed by atoms with van der Waals surface area (Å²) in [5.41, 5.74) is 8.45. The molecule has 2 aliphatic heterocycles.